The van der Waals surface area contributed by atoms with Gasteiger partial charge >= 0.3 is 5.97 Å². The van der Waals surface area contributed by atoms with Crippen LogP contribution >= 0.6 is 11.8 Å². The molecule has 0 bridgehead atoms. The number of thioether (sulfide) groups is 1. The lowest BCUT2D eigenvalue weighted by Crippen LogP contribution is -2.38. The molecule has 1 aliphatic rings. The molecule has 7 heteroatoms. The van der Waals surface area contributed by atoms with Gasteiger partial charge < -0.3 is 15.7 Å². The van der Waals surface area contributed by atoms with Gasteiger partial charge in [-0.2, -0.15) is 0 Å². The zero-order chi connectivity index (χ0) is 14.0. The van der Waals surface area contributed by atoms with E-state index in [1.165, 1.54) is 6.07 Å². The van der Waals surface area contributed by atoms with Gasteiger partial charge in [-0.25, -0.2) is 4.79 Å². The van der Waals surface area contributed by atoms with Crippen LogP contribution in [0.3, 0.4) is 0 Å². The molecule has 0 saturated carbocycles. The predicted molar refractivity (Wildman–Crippen MR) is 71.5 cm³/mol. The number of benzene rings is 1. The number of carboxylic acids is 1. The molecule has 1 unspecified atom stereocenters. The lowest BCUT2D eigenvalue weighted by molar-refractivity contribution is -0.117. The van der Waals surface area contributed by atoms with Crippen LogP contribution in [0, 0.1) is 6.92 Å². The minimum atomic E-state index is -1.04. The third kappa shape index (κ3) is 3.05. The van der Waals surface area contributed by atoms with Gasteiger partial charge in [-0.15, -0.1) is 0 Å². The number of hydrogen-bond acceptors (Lipinski definition) is 4. The molecular weight excluding hydrogens is 268 g/mol. The lowest BCUT2D eigenvalue weighted by Gasteiger charge is -2.11. The maximum atomic E-state index is 11.8. The fourth-order valence-corrected chi connectivity index (χ4v) is 2.46. The highest BCUT2D eigenvalue weighted by Crippen LogP contribution is 2.18. The Morgan fingerprint density at radius 3 is 2.79 bits per heavy atom. The van der Waals surface area contributed by atoms with Gasteiger partial charge in [0.25, 0.3) is 5.24 Å². The topological polar surface area (TPSA) is 95.5 Å². The van der Waals surface area contributed by atoms with Crippen molar-refractivity contribution in [2.24, 2.45) is 0 Å². The van der Waals surface area contributed by atoms with Crippen LogP contribution in [0.1, 0.15) is 15.9 Å². The van der Waals surface area contributed by atoms with Gasteiger partial charge in [0, 0.05) is 11.4 Å². The summed E-state index contributed by atoms with van der Waals surface area (Å²) in [7, 11) is 0. The number of aromatic carboxylic acids is 1. The van der Waals surface area contributed by atoms with E-state index in [0.717, 1.165) is 11.8 Å². The van der Waals surface area contributed by atoms with E-state index in [9.17, 15) is 14.4 Å². The minimum absolute atomic E-state index is 0.141. The monoisotopic (exact) mass is 280 g/mol. The Balaban J connectivity index is 2.11. The maximum absolute atomic E-state index is 11.8. The molecule has 0 spiro atoms. The van der Waals surface area contributed by atoms with E-state index in [1.807, 2.05) is 0 Å². The van der Waals surface area contributed by atoms with Crippen molar-refractivity contribution in [2.45, 2.75) is 13.0 Å². The van der Waals surface area contributed by atoms with Crippen LogP contribution in [-0.4, -0.2) is 34.0 Å². The second-order valence-corrected chi connectivity index (χ2v) is 5.11. The van der Waals surface area contributed by atoms with Gasteiger partial charge in [-0.05, 0) is 24.6 Å². The zero-order valence-corrected chi connectivity index (χ0v) is 10.9. The molecule has 3 N–H and O–H groups in total. The fraction of sp³-hybridized carbons (Fsp3) is 0.250. The molecule has 0 aromatic heterocycles. The first kappa shape index (κ1) is 13.4. The van der Waals surface area contributed by atoms with Crippen molar-refractivity contribution in [3.63, 3.8) is 0 Å². The Kier molecular flexibility index (Phi) is 3.75. The molecule has 6 nitrogen and oxygen atoms in total. The fourth-order valence-electron chi connectivity index (χ4n) is 1.69. The molecule has 1 heterocycles. The summed E-state index contributed by atoms with van der Waals surface area (Å²) in [5, 5.41) is 13.9. The standard InChI is InChI=1S/C12H12N2O4S/c1-6-2-3-7(4-8(6)11(16)17)13-10(15)9-5-19-12(18)14-9/h2-4,9H,5H2,1H3,(H,13,15)(H,14,18)(H,16,17). The first-order chi connectivity index (χ1) is 8.97. The number of nitrogens with one attached hydrogen (secondary N) is 2. The van der Waals surface area contributed by atoms with Gasteiger partial charge in [0.2, 0.25) is 5.91 Å². The molecule has 0 radical (unpaired) electrons. The Morgan fingerprint density at radius 1 is 1.47 bits per heavy atom. The smallest absolute Gasteiger partial charge is 0.336 e. The number of hydrogen-bond donors (Lipinski definition) is 3. The van der Waals surface area contributed by atoms with E-state index >= 15 is 0 Å². The van der Waals surface area contributed by atoms with Gasteiger partial charge in [0.05, 0.1) is 5.56 Å². The van der Waals surface area contributed by atoms with Crippen LogP contribution in [0.5, 0.6) is 0 Å². The predicted octanol–water partition coefficient (Wildman–Crippen LogP) is 1.46. The number of amides is 2. The zero-order valence-electron chi connectivity index (χ0n) is 10.1. The molecule has 100 valence electrons. The summed E-state index contributed by atoms with van der Waals surface area (Å²) < 4.78 is 0. The summed E-state index contributed by atoms with van der Waals surface area (Å²) in [6.07, 6.45) is 0. The summed E-state index contributed by atoms with van der Waals surface area (Å²) >= 11 is 1.05. The maximum Gasteiger partial charge on any atom is 0.336 e. The third-order valence-electron chi connectivity index (χ3n) is 2.73. The first-order valence-electron chi connectivity index (χ1n) is 5.55. The Bertz CT molecular complexity index is 559. The molecule has 2 amide bonds. The van der Waals surface area contributed by atoms with Crippen LogP contribution in [0.15, 0.2) is 18.2 Å². The van der Waals surface area contributed by atoms with Crippen molar-refractivity contribution in [1.82, 2.24) is 5.32 Å². The Labute approximate surface area is 113 Å². The van der Waals surface area contributed by atoms with Crippen molar-refractivity contribution >= 4 is 34.6 Å². The highest BCUT2D eigenvalue weighted by Gasteiger charge is 2.28. The Morgan fingerprint density at radius 2 is 2.21 bits per heavy atom. The van der Waals surface area contributed by atoms with Crippen molar-refractivity contribution in [2.75, 3.05) is 11.1 Å². The van der Waals surface area contributed by atoms with Crippen LogP contribution in [0.2, 0.25) is 0 Å². The van der Waals surface area contributed by atoms with Crippen molar-refractivity contribution < 1.29 is 19.5 Å². The first-order valence-corrected chi connectivity index (χ1v) is 6.54. The SMILES string of the molecule is Cc1ccc(NC(=O)C2CSC(=O)N2)cc1C(=O)O. The van der Waals surface area contributed by atoms with Gasteiger partial charge in [-0.3, -0.25) is 9.59 Å². The molecule has 1 fully saturated rings. The Hall–Kier alpha value is -2.02. The van der Waals surface area contributed by atoms with Crippen LogP contribution in [-0.2, 0) is 4.79 Å². The van der Waals surface area contributed by atoms with E-state index in [0.29, 0.717) is 17.0 Å². The summed E-state index contributed by atoms with van der Waals surface area (Å²) in [5.74, 6) is -1.01. The number of aryl methyl sites for hydroxylation is 1. The van der Waals surface area contributed by atoms with Crippen molar-refractivity contribution in [3.05, 3.63) is 29.3 Å². The minimum Gasteiger partial charge on any atom is -0.478 e. The van der Waals surface area contributed by atoms with E-state index < -0.39 is 12.0 Å². The highest BCUT2D eigenvalue weighted by atomic mass is 32.2. The van der Waals surface area contributed by atoms with E-state index in [2.05, 4.69) is 10.6 Å². The molecule has 19 heavy (non-hydrogen) atoms. The van der Waals surface area contributed by atoms with Gasteiger partial charge in [-0.1, -0.05) is 17.8 Å². The summed E-state index contributed by atoms with van der Waals surface area (Å²) in [6, 6.07) is 4.08. The van der Waals surface area contributed by atoms with Crippen molar-refractivity contribution in [3.8, 4) is 0 Å². The van der Waals surface area contributed by atoms with Crippen LogP contribution in [0.4, 0.5) is 10.5 Å². The molecular formula is C12H12N2O4S. The van der Waals surface area contributed by atoms with Crippen LogP contribution in [0.25, 0.3) is 0 Å². The third-order valence-corrected chi connectivity index (χ3v) is 3.61. The number of anilines is 1. The number of carboxylic acid groups (broad SMARTS) is 1. The second-order valence-electron chi connectivity index (χ2n) is 4.12. The number of rotatable bonds is 3. The summed E-state index contributed by atoms with van der Waals surface area (Å²) in [4.78, 5) is 33.8. The molecule has 1 atom stereocenters. The van der Waals surface area contributed by atoms with E-state index in [-0.39, 0.29) is 16.7 Å². The quantitative estimate of drug-likeness (QED) is 0.779. The molecule has 1 aromatic rings. The summed E-state index contributed by atoms with van der Waals surface area (Å²) in [6.45, 7) is 1.68. The van der Waals surface area contributed by atoms with E-state index in [1.54, 1.807) is 19.1 Å². The molecule has 1 aliphatic heterocycles. The second kappa shape index (κ2) is 5.31. The molecule has 2 rings (SSSR count). The number of carbonyl (C=O) groups is 3. The largest absolute Gasteiger partial charge is 0.478 e. The molecule has 0 aliphatic carbocycles. The highest BCUT2D eigenvalue weighted by molar-refractivity contribution is 8.14. The number of carbonyl (C=O) groups excluding carboxylic acids is 2. The average Bonchev–Trinajstić information content (AvgIpc) is 2.78. The van der Waals surface area contributed by atoms with Gasteiger partial charge in [0.1, 0.15) is 6.04 Å². The van der Waals surface area contributed by atoms with Gasteiger partial charge in [0.15, 0.2) is 0 Å². The average molecular weight is 280 g/mol. The molecule has 1 aromatic carbocycles. The molecule has 1 saturated heterocycles. The summed E-state index contributed by atoms with van der Waals surface area (Å²) in [5.41, 5.74) is 1.16. The normalized spacial score (nSPS) is 17.9. The van der Waals surface area contributed by atoms with Crippen LogP contribution < -0.4 is 10.6 Å². The van der Waals surface area contributed by atoms with Crippen molar-refractivity contribution in [1.29, 1.82) is 0 Å². The lowest BCUT2D eigenvalue weighted by atomic mass is 10.1. The van der Waals surface area contributed by atoms with E-state index in [4.69, 9.17) is 5.11 Å².